The highest BCUT2D eigenvalue weighted by atomic mass is 16.5. The van der Waals surface area contributed by atoms with Crippen LogP contribution < -0.4 is 10.1 Å². The molecule has 0 saturated carbocycles. The van der Waals surface area contributed by atoms with Crippen molar-refractivity contribution in [3.63, 3.8) is 0 Å². The van der Waals surface area contributed by atoms with Crippen molar-refractivity contribution in [2.75, 3.05) is 52.4 Å². The Morgan fingerprint density at radius 1 is 1.10 bits per heavy atom. The zero-order valence-electron chi connectivity index (χ0n) is 13.3. The molecule has 0 aliphatic carbocycles. The fourth-order valence-electron chi connectivity index (χ4n) is 3.31. The van der Waals surface area contributed by atoms with Crippen LogP contribution in [0.3, 0.4) is 0 Å². The van der Waals surface area contributed by atoms with Crippen LogP contribution in [0.5, 0.6) is 5.75 Å². The number of nitrogens with one attached hydrogen (secondary N) is 1. The molecule has 2 saturated heterocycles. The van der Waals surface area contributed by atoms with Gasteiger partial charge in [-0.2, -0.15) is 0 Å². The van der Waals surface area contributed by atoms with Gasteiger partial charge in [0.25, 0.3) is 0 Å². The number of hydrogen-bond acceptors (Lipinski definition) is 4. The fraction of sp³-hybridized carbons (Fsp3) is 0.647. The maximum atomic E-state index is 5.89. The van der Waals surface area contributed by atoms with E-state index in [4.69, 9.17) is 4.74 Å². The van der Waals surface area contributed by atoms with Crippen LogP contribution in [0, 0.1) is 13.8 Å². The minimum atomic E-state index is 0.772. The van der Waals surface area contributed by atoms with Gasteiger partial charge in [-0.25, -0.2) is 0 Å². The molecule has 0 spiro atoms. The summed E-state index contributed by atoms with van der Waals surface area (Å²) >= 11 is 0. The first-order chi connectivity index (χ1) is 10.2. The van der Waals surface area contributed by atoms with Gasteiger partial charge >= 0.3 is 0 Å². The highest BCUT2D eigenvalue weighted by molar-refractivity contribution is 5.32. The molecule has 1 aromatic carbocycles. The third kappa shape index (κ3) is 3.96. The fourth-order valence-corrected chi connectivity index (χ4v) is 3.31. The second-order valence-electron chi connectivity index (χ2n) is 6.37. The summed E-state index contributed by atoms with van der Waals surface area (Å²) in [5, 5.41) is 3.42. The van der Waals surface area contributed by atoms with E-state index < -0.39 is 0 Å². The molecule has 21 heavy (non-hydrogen) atoms. The Kier molecular flexibility index (Phi) is 4.78. The maximum absolute atomic E-state index is 5.89. The monoisotopic (exact) mass is 289 g/mol. The van der Waals surface area contributed by atoms with Gasteiger partial charge in [0.15, 0.2) is 0 Å². The second-order valence-corrected chi connectivity index (χ2v) is 6.37. The summed E-state index contributed by atoms with van der Waals surface area (Å²) in [6, 6.07) is 7.19. The van der Waals surface area contributed by atoms with Gasteiger partial charge in [-0.1, -0.05) is 6.07 Å². The molecule has 2 heterocycles. The number of likely N-dealkylation sites (tertiary alicyclic amines) is 1. The van der Waals surface area contributed by atoms with Crippen molar-refractivity contribution in [1.29, 1.82) is 0 Å². The minimum absolute atomic E-state index is 0.772. The van der Waals surface area contributed by atoms with Crippen LogP contribution in [0.15, 0.2) is 18.2 Å². The molecule has 0 bridgehead atoms. The van der Waals surface area contributed by atoms with E-state index in [-0.39, 0.29) is 0 Å². The van der Waals surface area contributed by atoms with E-state index in [0.29, 0.717) is 0 Å². The average molecular weight is 289 g/mol. The number of rotatable bonds is 5. The lowest BCUT2D eigenvalue weighted by atomic mass is 10.1. The van der Waals surface area contributed by atoms with Crippen LogP contribution in [-0.2, 0) is 0 Å². The van der Waals surface area contributed by atoms with Crippen molar-refractivity contribution in [2.45, 2.75) is 19.9 Å². The standard InChI is InChI=1S/C17H27N3O/c1-14-9-15(2)11-17(10-14)21-8-7-19-12-16(13-19)20-5-3-18-4-6-20/h9-11,16,18H,3-8,12-13H2,1-2H3. The number of piperazine rings is 1. The van der Waals surface area contributed by atoms with Gasteiger partial charge in [0, 0.05) is 51.9 Å². The summed E-state index contributed by atoms with van der Waals surface area (Å²) in [7, 11) is 0. The van der Waals surface area contributed by atoms with Crippen molar-refractivity contribution in [3.05, 3.63) is 29.3 Å². The maximum Gasteiger partial charge on any atom is 0.119 e. The third-order valence-electron chi connectivity index (χ3n) is 4.48. The summed E-state index contributed by atoms with van der Waals surface area (Å²) in [5.74, 6) is 1.01. The lowest BCUT2D eigenvalue weighted by molar-refractivity contribution is 0.0202. The van der Waals surface area contributed by atoms with Crippen molar-refractivity contribution in [2.24, 2.45) is 0 Å². The molecule has 2 aliphatic heterocycles. The van der Waals surface area contributed by atoms with Crippen LogP contribution in [0.2, 0.25) is 0 Å². The Morgan fingerprint density at radius 2 is 1.76 bits per heavy atom. The molecular weight excluding hydrogens is 262 g/mol. The Bertz CT molecular complexity index is 445. The summed E-state index contributed by atoms with van der Waals surface area (Å²) in [6.45, 7) is 13.2. The summed E-state index contributed by atoms with van der Waals surface area (Å²) in [5.41, 5.74) is 2.54. The lowest BCUT2D eigenvalue weighted by Crippen LogP contribution is -2.63. The predicted octanol–water partition coefficient (Wildman–Crippen LogP) is 1.27. The van der Waals surface area contributed by atoms with Crippen LogP contribution in [0.4, 0.5) is 0 Å². The van der Waals surface area contributed by atoms with Crippen molar-refractivity contribution < 1.29 is 4.74 Å². The molecule has 0 unspecified atom stereocenters. The molecule has 0 aromatic heterocycles. The molecule has 0 amide bonds. The van der Waals surface area contributed by atoms with Crippen LogP contribution in [0.1, 0.15) is 11.1 Å². The normalized spacial score (nSPS) is 21.2. The van der Waals surface area contributed by atoms with Gasteiger partial charge in [0.2, 0.25) is 0 Å². The molecule has 0 atom stereocenters. The number of aryl methyl sites for hydroxylation is 2. The van der Waals surface area contributed by atoms with Crippen LogP contribution in [0.25, 0.3) is 0 Å². The summed E-state index contributed by atoms with van der Waals surface area (Å²) < 4.78 is 5.89. The second kappa shape index (κ2) is 6.77. The zero-order valence-corrected chi connectivity index (χ0v) is 13.3. The van der Waals surface area contributed by atoms with Crippen molar-refractivity contribution in [1.82, 2.24) is 15.1 Å². The summed E-state index contributed by atoms with van der Waals surface area (Å²) in [6.07, 6.45) is 0. The lowest BCUT2D eigenvalue weighted by Gasteiger charge is -2.46. The highest BCUT2D eigenvalue weighted by Gasteiger charge is 2.31. The Balaban J connectivity index is 1.35. The van der Waals surface area contributed by atoms with E-state index in [1.54, 1.807) is 0 Å². The Morgan fingerprint density at radius 3 is 2.43 bits per heavy atom. The van der Waals surface area contributed by atoms with Crippen molar-refractivity contribution >= 4 is 0 Å². The van der Waals surface area contributed by atoms with E-state index in [9.17, 15) is 0 Å². The van der Waals surface area contributed by atoms with E-state index in [0.717, 1.165) is 38.0 Å². The predicted molar refractivity (Wildman–Crippen MR) is 86.1 cm³/mol. The molecule has 116 valence electrons. The molecule has 0 radical (unpaired) electrons. The molecule has 2 fully saturated rings. The van der Waals surface area contributed by atoms with E-state index in [1.165, 1.54) is 37.3 Å². The molecule has 3 rings (SSSR count). The summed E-state index contributed by atoms with van der Waals surface area (Å²) in [4.78, 5) is 5.12. The van der Waals surface area contributed by atoms with E-state index in [2.05, 4.69) is 47.2 Å². The zero-order chi connectivity index (χ0) is 14.7. The topological polar surface area (TPSA) is 27.7 Å². The SMILES string of the molecule is Cc1cc(C)cc(OCCN2CC(N3CCNCC3)C2)c1. The van der Waals surface area contributed by atoms with E-state index in [1.807, 2.05) is 0 Å². The Labute approximate surface area is 128 Å². The van der Waals surface area contributed by atoms with E-state index >= 15 is 0 Å². The highest BCUT2D eigenvalue weighted by Crippen LogP contribution is 2.18. The van der Waals surface area contributed by atoms with Crippen molar-refractivity contribution in [3.8, 4) is 5.75 Å². The molecule has 4 nitrogen and oxygen atoms in total. The van der Waals surface area contributed by atoms with Crippen LogP contribution >= 0.6 is 0 Å². The molecule has 1 N–H and O–H groups in total. The van der Waals surface area contributed by atoms with Gasteiger partial charge in [-0.15, -0.1) is 0 Å². The molecule has 4 heteroatoms. The van der Waals surface area contributed by atoms with Gasteiger partial charge in [0.1, 0.15) is 12.4 Å². The molecular formula is C17H27N3O. The number of hydrogen-bond donors (Lipinski definition) is 1. The largest absolute Gasteiger partial charge is 0.492 e. The average Bonchev–Trinajstić information content (AvgIpc) is 2.41. The first-order valence-corrected chi connectivity index (χ1v) is 8.09. The molecule has 1 aromatic rings. The first kappa shape index (κ1) is 14.8. The van der Waals surface area contributed by atoms with Gasteiger partial charge in [-0.05, 0) is 37.1 Å². The molecule has 2 aliphatic rings. The Hall–Kier alpha value is -1.10. The minimum Gasteiger partial charge on any atom is -0.492 e. The van der Waals surface area contributed by atoms with Crippen LogP contribution in [-0.4, -0.2) is 68.3 Å². The van der Waals surface area contributed by atoms with Gasteiger partial charge < -0.3 is 10.1 Å². The van der Waals surface area contributed by atoms with Gasteiger partial charge in [-0.3, -0.25) is 9.80 Å². The third-order valence-corrected chi connectivity index (χ3v) is 4.48. The van der Waals surface area contributed by atoms with Gasteiger partial charge in [0.05, 0.1) is 0 Å². The smallest absolute Gasteiger partial charge is 0.119 e. The first-order valence-electron chi connectivity index (χ1n) is 8.09. The number of benzene rings is 1. The quantitative estimate of drug-likeness (QED) is 0.883. The number of ether oxygens (including phenoxy) is 1. The number of nitrogens with zero attached hydrogens (tertiary/aromatic N) is 2.